The van der Waals surface area contributed by atoms with Crippen molar-refractivity contribution in [2.24, 2.45) is 0 Å². The molecule has 1 N–H and O–H groups in total. The lowest BCUT2D eigenvalue weighted by atomic mass is 10.1. The summed E-state index contributed by atoms with van der Waals surface area (Å²) in [6.45, 7) is 3.47. The van der Waals surface area contributed by atoms with Crippen molar-refractivity contribution in [1.82, 2.24) is 20.6 Å². The fourth-order valence-electron chi connectivity index (χ4n) is 2.58. The van der Waals surface area contributed by atoms with E-state index in [9.17, 15) is 9.59 Å². The van der Waals surface area contributed by atoms with Crippen molar-refractivity contribution in [1.29, 1.82) is 0 Å². The summed E-state index contributed by atoms with van der Waals surface area (Å²) >= 11 is 0. The number of hydrogen-bond donors (Lipinski definition) is 1. The molecule has 0 fully saturated rings. The van der Waals surface area contributed by atoms with Gasteiger partial charge in [0, 0.05) is 24.5 Å². The number of carbonyl (C=O) groups excluding carboxylic acids is 2. The minimum absolute atomic E-state index is 0.132. The van der Waals surface area contributed by atoms with Crippen LogP contribution in [0.15, 0.2) is 45.4 Å². The Kier molecular flexibility index (Phi) is 5.75. The van der Waals surface area contributed by atoms with Crippen molar-refractivity contribution in [3.8, 4) is 0 Å². The van der Waals surface area contributed by atoms with Gasteiger partial charge in [-0.2, -0.15) is 4.98 Å². The number of ketones is 1. The minimum atomic E-state index is -0.603. The van der Waals surface area contributed by atoms with Crippen LogP contribution in [0.2, 0.25) is 0 Å². The number of amides is 1. The largest absolute Gasteiger partial charge is 0.361 e. The molecule has 2 aromatic heterocycles. The lowest BCUT2D eigenvalue weighted by molar-refractivity contribution is -0.121. The van der Waals surface area contributed by atoms with Gasteiger partial charge in [0.1, 0.15) is 5.76 Å². The van der Waals surface area contributed by atoms with Crippen LogP contribution in [0.4, 0.5) is 0 Å². The van der Waals surface area contributed by atoms with Gasteiger partial charge in [-0.05, 0) is 13.8 Å². The Balaban J connectivity index is 1.47. The maximum atomic E-state index is 12.3. The zero-order chi connectivity index (χ0) is 19.2. The van der Waals surface area contributed by atoms with Gasteiger partial charge in [-0.3, -0.25) is 9.59 Å². The van der Waals surface area contributed by atoms with Gasteiger partial charge in [0.2, 0.25) is 11.8 Å². The number of hydrogen-bond acceptors (Lipinski definition) is 7. The first kappa shape index (κ1) is 18.5. The normalized spacial score (nSPS) is 11.9. The first-order valence-corrected chi connectivity index (χ1v) is 8.63. The van der Waals surface area contributed by atoms with Gasteiger partial charge in [-0.15, -0.1) is 0 Å². The maximum absolute atomic E-state index is 12.3. The molecule has 0 spiro atoms. The second-order valence-corrected chi connectivity index (χ2v) is 6.23. The highest BCUT2D eigenvalue weighted by atomic mass is 16.5. The molecule has 0 aliphatic heterocycles. The Morgan fingerprint density at radius 2 is 1.93 bits per heavy atom. The highest BCUT2D eigenvalue weighted by molar-refractivity contribution is 6.01. The number of nitrogens with one attached hydrogen (secondary N) is 1. The lowest BCUT2D eigenvalue weighted by Crippen LogP contribution is -2.38. The van der Waals surface area contributed by atoms with Gasteiger partial charge in [-0.25, -0.2) is 0 Å². The molecular weight excluding hydrogens is 348 g/mol. The van der Waals surface area contributed by atoms with Crippen molar-refractivity contribution < 1.29 is 18.6 Å². The molecule has 3 aromatic rings. The Labute approximate surface area is 155 Å². The van der Waals surface area contributed by atoms with Gasteiger partial charge in [0.05, 0.1) is 18.2 Å². The van der Waals surface area contributed by atoms with E-state index in [2.05, 4.69) is 20.6 Å². The topological polar surface area (TPSA) is 111 Å². The third-order valence-electron chi connectivity index (χ3n) is 3.92. The van der Waals surface area contributed by atoms with Crippen LogP contribution < -0.4 is 5.32 Å². The number of nitrogens with zero attached hydrogens (tertiary/aromatic N) is 3. The van der Waals surface area contributed by atoms with Crippen LogP contribution in [-0.2, 0) is 17.6 Å². The molecule has 1 unspecified atom stereocenters. The molecule has 0 aliphatic rings. The molecule has 0 radical (unpaired) electrons. The van der Waals surface area contributed by atoms with Crippen molar-refractivity contribution in [2.75, 3.05) is 0 Å². The number of aryl methyl sites for hydroxylation is 2. The predicted molar refractivity (Wildman–Crippen MR) is 95.0 cm³/mol. The van der Waals surface area contributed by atoms with Crippen LogP contribution in [0.3, 0.4) is 0 Å². The average Bonchev–Trinajstić information content (AvgIpc) is 3.29. The van der Waals surface area contributed by atoms with Crippen molar-refractivity contribution in [3.05, 3.63) is 65.1 Å². The molecule has 1 amide bonds. The molecule has 8 heteroatoms. The van der Waals surface area contributed by atoms with Crippen LogP contribution >= 0.6 is 0 Å². The highest BCUT2D eigenvalue weighted by Crippen LogP contribution is 2.09. The quantitative estimate of drug-likeness (QED) is 0.607. The Morgan fingerprint density at radius 3 is 2.63 bits per heavy atom. The van der Waals surface area contributed by atoms with E-state index < -0.39 is 6.04 Å². The molecule has 0 saturated heterocycles. The molecule has 8 nitrogen and oxygen atoms in total. The zero-order valence-corrected chi connectivity index (χ0v) is 15.1. The molecule has 3 rings (SSSR count). The van der Waals surface area contributed by atoms with E-state index in [-0.39, 0.29) is 18.1 Å². The van der Waals surface area contributed by atoms with Crippen LogP contribution in [0.1, 0.15) is 46.9 Å². The maximum Gasteiger partial charge on any atom is 0.227 e. The summed E-state index contributed by atoms with van der Waals surface area (Å²) < 4.78 is 10.1. The summed E-state index contributed by atoms with van der Waals surface area (Å²) in [5.41, 5.74) is 1.28. The monoisotopic (exact) mass is 368 g/mol. The third-order valence-corrected chi connectivity index (χ3v) is 3.92. The van der Waals surface area contributed by atoms with E-state index >= 15 is 0 Å². The van der Waals surface area contributed by atoms with Gasteiger partial charge in [0.15, 0.2) is 11.6 Å². The second kappa shape index (κ2) is 8.39. The predicted octanol–water partition coefficient (Wildman–Crippen LogP) is 2.28. The number of carbonyl (C=O) groups is 2. The van der Waals surface area contributed by atoms with Crippen molar-refractivity contribution in [3.63, 3.8) is 0 Å². The van der Waals surface area contributed by atoms with Crippen LogP contribution in [0, 0.1) is 6.92 Å². The van der Waals surface area contributed by atoms with Gasteiger partial charge in [0.25, 0.3) is 0 Å². The summed E-state index contributed by atoms with van der Waals surface area (Å²) in [5.74, 6) is 1.17. The molecule has 0 aliphatic carbocycles. The van der Waals surface area contributed by atoms with E-state index in [1.807, 2.05) is 6.07 Å². The van der Waals surface area contributed by atoms with E-state index in [1.165, 1.54) is 0 Å². The van der Waals surface area contributed by atoms with Crippen molar-refractivity contribution >= 4 is 11.7 Å². The summed E-state index contributed by atoms with van der Waals surface area (Å²) in [5, 5.41) is 10.4. The highest BCUT2D eigenvalue weighted by Gasteiger charge is 2.18. The first-order chi connectivity index (χ1) is 13.0. The Morgan fingerprint density at radius 1 is 1.15 bits per heavy atom. The molecule has 0 saturated carbocycles. The molecule has 1 aromatic carbocycles. The van der Waals surface area contributed by atoms with Crippen LogP contribution in [0.5, 0.6) is 0 Å². The molecule has 0 bridgehead atoms. The van der Waals surface area contributed by atoms with E-state index in [1.54, 1.807) is 44.2 Å². The summed E-state index contributed by atoms with van der Waals surface area (Å²) in [6.07, 6.45) is 0.843. The third kappa shape index (κ3) is 5.10. The summed E-state index contributed by atoms with van der Waals surface area (Å²) in [7, 11) is 0. The van der Waals surface area contributed by atoms with Gasteiger partial charge < -0.3 is 14.4 Å². The molecule has 1 atom stereocenters. The average molecular weight is 368 g/mol. The summed E-state index contributed by atoms with van der Waals surface area (Å²) in [4.78, 5) is 28.6. The minimum Gasteiger partial charge on any atom is -0.361 e. The van der Waals surface area contributed by atoms with Crippen LogP contribution in [-0.4, -0.2) is 33.0 Å². The number of benzene rings is 1. The lowest BCUT2D eigenvalue weighted by Gasteiger charge is -2.12. The number of rotatable bonds is 8. The molecular formula is C19H20N4O4. The van der Waals surface area contributed by atoms with E-state index in [0.717, 1.165) is 0 Å². The molecule has 27 heavy (non-hydrogen) atoms. The number of aromatic nitrogens is 3. The van der Waals surface area contributed by atoms with Crippen LogP contribution in [0.25, 0.3) is 0 Å². The smallest absolute Gasteiger partial charge is 0.227 e. The van der Waals surface area contributed by atoms with Gasteiger partial charge in [-0.1, -0.05) is 40.6 Å². The SMILES string of the molecule is Cc1cc(Cc2noc(CCC(=O)NC(C)C(=O)c3ccccc3)n2)no1. The van der Waals surface area contributed by atoms with Gasteiger partial charge >= 0.3 is 0 Å². The molecule has 140 valence electrons. The first-order valence-electron chi connectivity index (χ1n) is 8.63. The second-order valence-electron chi connectivity index (χ2n) is 6.23. The summed E-state index contributed by atoms with van der Waals surface area (Å²) in [6, 6.07) is 10.1. The fourth-order valence-corrected chi connectivity index (χ4v) is 2.58. The fraction of sp³-hybridized carbons (Fsp3) is 0.316. The van der Waals surface area contributed by atoms with E-state index in [4.69, 9.17) is 9.05 Å². The van der Waals surface area contributed by atoms with E-state index in [0.29, 0.717) is 41.6 Å². The Bertz CT molecular complexity index is 917. The van der Waals surface area contributed by atoms with Crippen molar-refractivity contribution in [2.45, 2.75) is 39.2 Å². The standard InChI is InChI=1S/C19H20N4O4/c1-12-10-15(22-26-12)11-16-21-18(27-23-16)9-8-17(24)20-13(2)19(25)14-6-4-3-5-7-14/h3-7,10,13H,8-9,11H2,1-2H3,(H,20,24). The number of Topliss-reactive ketones (excluding diaryl/α,β-unsaturated/α-hetero) is 1. The zero-order valence-electron chi connectivity index (χ0n) is 15.1. The Hall–Kier alpha value is -3.29. The molecule has 2 heterocycles.